The van der Waals surface area contributed by atoms with Crippen molar-refractivity contribution in [1.29, 1.82) is 0 Å². The normalized spacial score (nSPS) is 12.5. The summed E-state index contributed by atoms with van der Waals surface area (Å²) in [6, 6.07) is 29.9. The third-order valence-corrected chi connectivity index (χ3v) is 8.70. The molecule has 0 radical (unpaired) electrons. The van der Waals surface area contributed by atoms with Gasteiger partial charge in [0, 0.05) is 37.8 Å². The van der Waals surface area contributed by atoms with Crippen LogP contribution in [0.5, 0.6) is 5.75 Å². The SMILES string of the molecule is COc1cccc(CNC[C@@H](O)[C@H](Cc2ccccc2)NC(=O)c2cc(C(=O)NCc3ccccc3)cc(N(C)S(C)(=O)=O)c2)c1. The fourth-order valence-corrected chi connectivity index (χ4v) is 5.31. The Morgan fingerprint density at radius 1 is 0.804 bits per heavy atom. The maximum Gasteiger partial charge on any atom is 0.251 e. The van der Waals surface area contributed by atoms with Crippen LogP contribution >= 0.6 is 0 Å². The van der Waals surface area contributed by atoms with Gasteiger partial charge in [0.05, 0.1) is 31.2 Å². The average molecular weight is 645 g/mol. The highest BCUT2D eigenvalue weighted by Crippen LogP contribution is 2.22. The maximum absolute atomic E-state index is 13.7. The number of carbonyl (C=O) groups is 2. The number of sulfonamides is 1. The smallest absolute Gasteiger partial charge is 0.251 e. The number of nitrogens with one attached hydrogen (secondary N) is 3. The second-order valence-corrected chi connectivity index (χ2v) is 13.0. The summed E-state index contributed by atoms with van der Waals surface area (Å²) in [5.41, 5.74) is 3.11. The van der Waals surface area contributed by atoms with Crippen molar-refractivity contribution in [3.05, 3.63) is 131 Å². The van der Waals surface area contributed by atoms with Gasteiger partial charge in [-0.15, -0.1) is 0 Å². The third-order valence-electron chi connectivity index (χ3n) is 7.50. The number of amides is 2. The van der Waals surface area contributed by atoms with Crippen molar-refractivity contribution in [3.8, 4) is 5.75 Å². The Morgan fingerprint density at radius 3 is 2.04 bits per heavy atom. The lowest BCUT2D eigenvalue weighted by atomic mass is 10.00. The second kappa shape index (κ2) is 16.0. The van der Waals surface area contributed by atoms with Crippen molar-refractivity contribution >= 4 is 27.5 Å². The summed E-state index contributed by atoms with van der Waals surface area (Å²) in [5.74, 6) is -0.302. The molecule has 0 aliphatic carbocycles. The highest BCUT2D eigenvalue weighted by atomic mass is 32.2. The number of benzene rings is 4. The van der Waals surface area contributed by atoms with E-state index in [1.807, 2.05) is 84.9 Å². The topological polar surface area (TPSA) is 137 Å². The van der Waals surface area contributed by atoms with Crippen LogP contribution in [0, 0.1) is 0 Å². The molecule has 0 spiro atoms. The van der Waals surface area contributed by atoms with E-state index in [1.54, 1.807) is 7.11 Å². The molecule has 0 saturated carbocycles. The predicted molar refractivity (Wildman–Crippen MR) is 179 cm³/mol. The molecule has 0 saturated heterocycles. The van der Waals surface area contributed by atoms with E-state index in [1.165, 1.54) is 25.2 Å². The molecule has 2 amide bonds. The molecule has 0 fully saturated rings. The minimum atomic E-state index is -3.70. The lowest BCUT2D eigenvalue weighted by Crippen LogP contribution is -2.48. The van der Waals surface area contributed by atoms with Gasteiger partial charge in [0.1, 0.15) is 5.75 Å². The molecule has 46 heavy (non-hydrogen) atoms. The van der Waals surface area contributed by atoms with Gasteiger partial charge in [-0.2, -0.15) is 0 Å². The molecule has 4 N–H and O–H groups in total. The number of hydrogen-bond acceptors (Lipinski definition) is 7. The summed E-state index contributed by atoms with van der Waals surface area (Å²) in [5, 5.41) is 20.3. The van der Waals surface area contributed by atoms with Gasteiger partial charge < -0.3 is 25.8 Å². The molecule has 0 heterocycles. The van der Waals surface area contributed by atoms with Crippen LogP contribution in [-0.2, 0) is 29.5 Å². The van der Waals surface area contributed by atoms with Gasteiger partial charge in [0.2, 0.25) is 10.0 Å². The van der Waals surface area contributed by atoms with Crippen molar-refractivity contribution < 1.29 is 27.9 Å². The van der Waals surface area contributed by atoms with E-state index in [0.717, 1.165) is 33.0 Å². The summed E-state index contributed by atoms with van der Waals surface area (Å²) < 4.78 is 31.1. The fourth-order valence-electron chi connectivity index (χ4n) is 4.82. The number of ether oxygens (including phenoxy) is 1. The minimum absolute atomic E-state index is 0.0764. The Labute approximate surface area is 270 Å². The molecule has 2 atom stereocenters. The first-order valence-corrected chi connectivity index (χ1v) is 16.7. The summed E-state index contributed by atoms with van der Waals surface area (Å²) in [4.78, 5) is 26.9. The quantitative estimate of drug-likeness (QED) is 0.156. The van der Waals surface area contributed by atoms with Crippen molar-refractivity contribution in [1.82, 2.24) is 16.0 Å². The molecule has 0 aliphatic heterocycles. The summed E-state index contributed by atoms with van der Waals surface area (Å²) in [6.07, 6.45) is 0.395. The first-order valence-electron chi connectivity index (χ1n) is 14.8. The second-order valence-electron chi connectivity index (χ2n) is 11.0. The predicted octanol–water partition coefficient (Wildman–Crippen LogP) is 3.51. The van der Waals surface area contributed by atoms with Gasteiger partial charge in [-0.3, -0.25) is 13.9 Å². The number of hydrogen-bond donors (Lipinski definition) is 4. The van der Waals surface area contributed by atoms with E-state index in [9.17, 15) is 23.1 Å². The van der Waals surface area contributed by atoms with Crippen LogP contribution in [0.4, 0.5) is 5.69 Å². The van der Waals surface area contributed by atoms with Gasteiger partial charge in [0.25, 0.3) is 11.8 Å². The molecule has 0 bridgehead atoms. The first kappa shape index (κ1) is 34.2. The van der Waals surface area contributed by atoms with Crippen LogP contribution in [0.25, 0.3) is 0 Å². The average Bonchev–Trinajstić information content (AvgIpc) is 3.06. The third kappa shape index (κ3) is 9.90. The number of aliphatic hydroxyl groups is 1. The van der Waals surface area contributed by atoms with Gasteiger partial charge >= 0.3 is 0 Å². The Bertz CT molecular complexity index is 1720. The Hall–Kier alpha value is -4.71. The van der Waals surface area contributed by atoms with Gasteiger partial charge in [-0.05, 0) is 53.4 Å². The Kier molecular flexibility index (Phi) is 11.9. The Morgan fingerprint density at radius 2 is 1.41 bits per heavy atom. The van der Waals surface area contributed by atoms with Crippen LogP contribution in [0.15, 0.2) is 103 Å². The number of carbonyl (C=O) groups excluding carboxylic acids is 2. The molecule has 4 aromatic rings. The van der Waals surface area contributed by atoms with Crippen LogP contribution in [0.1, 0.15) is 37.4 Å². The monoisotopic (exact) mass is 644 g/mol. The number of rotatable bonds is 15. The number of anilines is 1. The van der Waals surface area contributed by atoms with Gasteiger partial charge in [0.15, 0.2) is 0 Å². The molecule has 0 unspecified atom stereocenters. The van der Waals surface area contributed by atoms with Crippen molar-refractivity contribution in [2.75, 3.05) is 31.3 Å². The standard InChI is InChI=1S/C35H40N4O6S/c1-39(46(3,43)44)30-20-28(34(41)37-23-26-13-8-5-9-14-26)19-29(21-30)35(42)38-32(18-25-11-6-4-7-12-25)33(40)24-36-22-27-15-10-16-31(17-27)45-2/h4-17,19-21,32-33,36,40H,18,22-24H2,1-3H3,(H,37,41)(H,38,42)/t32-,33+/m0/s1. The zero-order valence-electron chi connectivity index (χ0n) is 26.1. The largest absolute Gasteiger partial charge is 0.497 e. The Balaban J connectivity index is 1.55. The maximum atomic E-state index is 13.7. The van der Waals surface area contributed by atoms with E-state index in [0.29, 0.717) is 13.0 Å². The van der Waals surface area contributed by atoms with Crippen molar-refractivity contribution in [2.45, 2.75) is 31.7 Å². The van der Waals surface area contributed by atoms with Crippen LogP contribution in [0.2, 0.25) is 0 Å². The highest BCUT2D eigenvalue weighted by Gasteiger charge is 2.24. The lowest BCUT2D eigenvalue weighted by Gasteiger charge is -2.25. The van der Waals surface area contributed by atoms with Crippen LogP contribution in [0.3, 0.4) is 0 Å². The summed E-state index contributed by atoms with van der Waals surface area (Å²) in [6.45, 7) is 0.905. The number of aliphatic hydroxyl groups excluding tert-OH is 1. The molecule has 242 valence electrons. The van der Waals surface area contributed by atoms with E-state index in [4.69, 9.17) is 4.74 Å². The van der Waals surface area contributed by atoms with E-state index in [-0.39, 0.29) is 29.9 Å². The molecule has 0 aliphatic rings. The first-order chi connectivity index (χ1) is 22.0. The molecule has 0 aromatic heterocycles. The van der Waals surface area contributed by atoms with Crippen LogP contribution < -0.4 is 25.0 Å². The van der Waals surface area contributed by atoms with Gasteiger partial charge in [-0.25, -0.2) is 8.42 Å². The van der Waals surface area contributed by atoms with E-state index >= 15 is 0 Å². The molecule has 4 rings (SSSR count). The molecule has 10 nitrogen and oxygen atoms in total. The highest BCUT2D eigenvalue weighted by molar-refractivity contribution is 7.92. The fraction of sp³-hybridized carbons (Fsp3) is 0.257. The molecular formula is C35H40N4O6S. The molecule has 11 heteroatoms. The van der Waals surface area contributed by atoms with Crippen LogP contribution in [-0.4, -0.2) is 64.4 Å². The minimum Gasteiger partial charge on any atom is -0.497 e. The zero-order chi connectivity index (χ0) is 33.1. The number of nitrogens with zero attached hydrogens (tertiary/aromatic N) is 1. The van der Waals surface area contributed by atoms with E-state index < -0.39 is 34.0 Å². The molecule has 4 aromatic carbocycles. The van der Waals surface area contributed by atoms with E-state index in [2.05, 4.69) is 16.0 Å². The number of methoxy groups -OCH3 is 1. The summed E-state index contributed by atoms with van der Waals surface area (Å²) in [7, 11) is -0.743. The van der Waals surface area contributed by atoms with Crippen molar-refractivity contribution in [2.24, 2.45) is 0 Å². The van der Waals surface area contributed by atoms with Crippen molar-refractivity contribution in [3.63, 3.8) is 0 Å². The van der Waals surface area contributed by atoms with Gasteiger partial charge in [-0.1, -0.05) is 72.8 Å². The zero-order valence-corrected chi connectivity index (χ0v) is 27.0. The molecular weight excluding hydrogens is 604 g/mol. The summed E-state index contributed by atoms with van der Waals surface area (Å²) >= 11 is 0. The lowest BCUT2D eigenvalue weighted by molar-refractivity contribution is 0.0830.